The summed E-state index contributed by atoms with van der Waals surface area (Å²) in [5, 5.41) is 0.379. The fourth-order valence-corrected chi connectivity index (χ4v) is 5.71. The first-order valence-electron chi connectivity index (χ1n) is 9.87. The van der Waals surface area contributed by atoms with Crippen LogP contribution in [0.2, 0.25) is 0 Å². The predicted octanol–water partition coefficient (Wildman–Crippen LogP) is 5.38. The first-order valence-corrected chi connectivity index (χ1v) is 11.8. The molecule has 0 amide bonds. The van der Waals surface area contributed by atoms with Crippen LogP contribution in [0.4, 0.5) is 0 Å². The molecule has 0 radical (unpaired) electrons. The maximum absolute atomic E-state index is 14.0. The van der Waals surface area contributed by atoms with E-state index in [2.05, 4.69) is 20.8 Å². The highest BCUT2D eigenvalue weighted by Gasteiger charge is 2.39. The van der Waals surface area contributed by atoms with Gasteiger partial charge in [0.2, 0.25) is 5.52 Å². The zero-order valence-electron chi connectivity index (χ0n) is 18.4. The molecule has 5 heteroatoms. The van der Waals surface area contributed by atoms with E-state index < -0.39 is 24.8 Å². The predicted molar refractivity (Wildman–Crippen MR) is 119 cm³/mol. The quantitative estimate of drug-likeness (QED) is 0.470. The standard InChI is InChI=1S/C24H31O4P/c1-16(2)28-21(25)15-29(27,20-11-9-8-10-12-20)23(26)22-17(3)13-19(14-18(22)4)24(5,6)7/h8-14,16H,15H2,1-7H3. The summed E-state index contributed by atoms with van der Waals surface area (Å²) in [6.07, 6.45) is -0.773. The number of carbonyl (C=O) groups excluding carboxylic acids is 2. The zero-order chi connectivity index (χ0) is 22.0. The summed E-state index contributed by atoms with van der Waals surface area (Å²) in [6, 6.07) is 12.5. The zero-order valence-corrected chi connectivity index (χ0v) is 19.3. The normalized spacial score (nSPS) is 13.8. The van der Waals surface area contributed by atoms with Gasteiger partial charge in [0.1, 0.15) is 6.16 Å². The Labute approximate surface area is 174 Å². The van der Waals surface area contributed by atoms with Gasteiger partial charge in [-0.3, -0.25) is 9.59 Å². The molecule has 0 aliphatic carbocycles. The van der Waals surface area contributed by atoms with Crippen LogP contribution in [-0.4, -0.2) is 23.8 Å². The van der Waals surface area contributed by atoms with Crippen molar-refractivity contribution in [1.82, 2.24) is 0 Å². The summed E-state index contributed by atoms with van der Waals surface area (Å²) in [7, 11) is -3.72. The molecule has 2 rings (SSSR count). The van der Waals surface area contributed by atoms with Crippen molar-refractivity contribution in [2.45, 2.75) is 60.0 Å². The summed E-state index contributed by atoms with van der Waals surface area (Å²) in [4.78, 5) is 26.0. The topological polar surface area (TPSA) is 60.4 Å². The number of hydrogen-bond acceptors (Lipinski definition) is 4. The average molecular weight is 414 g/mol. The number of ether oxygens (including phenoxy) is 1. The molecule has 156 valence electrons. The molecule has 29 heavy (non-hydrogen) atoms. The molecule has 0 N–H and O–H groups in total. The van der Waals surface area contributed by atoms with Gasteiger partial charge in [-0.05, 0) is 49.8 Å². The molecular weight excluding hydrogens is 383 g/mol. The van der Waals surface area contributed by atoms with Crippen molar-refractivity contribution in [2.75, 3.05) is 6.16 Å². The molecule has 2 aromatic carbocycles. The monoisotopic (exact) mass is 414 g/mol. The third-order valence-corrected chi connectivity index (χ3v) is 7.55. The van der Waals surface area contributed by atoms with Gasteiger partial charge in [0, 0.05) is 10.9 Å². The summed E-state index contributed by atoms with van der Waals surface area (Å²) in [6.45, 7) is 13.5. The highest BCUT2D eigenvalue weighted by atomic mass is 31.2. The van der Waals surface area contributed by atoms with Gasteiger partial charge in [-0.15, -0.1) is 0 Å². The van der Waals surface area contributed by atoms with Gasteiger partial charge in [0.15, 0.2) is 7.14 Å². The largest absolute Gasteiger partial charge is 0.463 e. The first kappa shape index (κ1) is 23.1. The summed E-state index contributed by atoms with van der Waals surface area (Å²) in [5.74, 6) is -0.623. The Balaban J connectivity index is 2.59. The molecule has 0 spiro atoms. The Hall–Kier alpha value is -2.19. The maximum atomic E-state index is 14.0. The molecule has 0 aliphatic heterocycles. The van der Waals surface area contributed by atoms with Crippen molar-refractivity contribution in [2.24, 2.45) is 0 Å². The van der Waals surface area contributed by atoms with Crippen LogP contribution in [0.3, 0.4) is 0 Å². The van der Waals surface area contributed by atoms with Crippen LogP contribution in [0.25, 0.3) is 0 Å². The summed E-state index contributed by atoms with van der Waals surface area (Å²) >= 11 is 0. The first-order chi connectivity index (χ1) is 13.4. The molecular formula is C24H31O4P. The van der Waals surface area contributed by atoms with Crippen molar-refractivity contribution >= 4 is 23.9 Å². The second-order valence-electron chi connectivity index (χ2n) is 8.81. The second-order valence-corrected chi connectivity index (χ2v) is 11.5. The van der Waals surface area contributed by atoms with E-state index in [-0.39, 0.29) is 11.5 Å². The minimum Gasteiger partial charge on any atom is -0.463 e. The number of rotatable bonds is 6. The van der Waals surface area contributed by atoms with Crippen LogP contribution >= 0.6 is 7.14 Å². The highest BCUT2D eigenvalue weighted by molar-refractivity contribution is 7.88. The van der Waals surface area contributed by atoms with E-state index in [9.17, 15) is 14.2 Å². The van der Waals surface area contributed by atoms with Crippen molar-refractivity contribution in [3.05, 3.63) is 64.7 Å². The summed E-state index contributed by atoms with van der Waals surface area (Å²) in [5.41, 5.74) is 2.53. The lowest BCUT2D eigenvalue weighted by Crippen LogP contribution is -2.24. The third kappa shape index (κ3) is 5.25. The molecule has 2 aromatic rings. The number of carbonyl (C=O) groups is 2. The molecule has 1 atom stereocenters. The maximum Gasteiger partial charge on any atom is 0.314 e. The van der Waals surface area contributed by atoms with E-state index in [0.717, 1.165) is 16.7 Å². The van der Waals surface area contributed by atoms with Crippen molar-refractivity contribution in [3.63, 3.8) is 0 Å². The second kappa shape index (κ2) is 8.67. The smallest absolute Gasteiger partial charge is 0.314 e. The Kier molecular flexibility index (Phi) is 6.90. The lowest BCUT2D eigenvalue weighted by atomic mass is 9.84. The van der Waals surface area contributed by atoms with Crippen LogP contribution in [0.5, 0.6) is 0 Å². The SMILES string of the molecule is Cc1cc(C(C)(C)C)cc(C)c1C(=O)P(=O)(CC(=O)OC(C)C)c1ccccc1. The van der Waals surface area contributed by atoms with Gasteiger partial charge >= 0.3 is 5.97 Å². The minimum atomic E-state index is -3.72. The van der Waals surface area contributed by atoms with Crippen molar-refractivity contribution in [3.8, 4) is 0 Å². The van der Waals surface area contributed by atoms with E-state index in [1.165, 1.54) is 0 Å². The molecule has 4 nitrogen and oxygen atoms in total. The van der Waals surface area contributed by atoms with Crippen LogP contribution in [0.1, 0.15) is 61.7 Å². The molecule has 0 fully saturated rings. The fourth-order valence-electron chi connectivity index (χ4n) is 3.35. The van der Waals surface area contributed by atoms with E-state index in [0.29, 0.717) is 10.9 Å². The van der Waals surface area contributed by atoms with E-state index in [1.807, 2.05) is 26.0 Å². The van der Waals surface area contributed by atoms with Gasteiger partial charge in [-0.1, -0.05) is 63.2 Å². The molecule has 1 unspecified atom stereocenters. The van der Waals surface area contributed by atoms with Crippen LogP contribution < -0.4 is 5.30 Å². The average Bonchev–Trinajstić information content (AvgIpc) is 2.60. The van der Waals surface area contributed by atoms with Gasteiger partial charge < -0.3 is 9.30 Å². The van der Waals surface area contributed by atoms with Gasteiger partial charge in [0.25, 0.3) is 0 Å². The van der Waals surface area contributed by atoms with Crippen LogP contribution in [0.15, 0.2) is 42.5 Å². The lowest BCUT2D eigenvalue weighted by molar-refractivity contribution is -0.144. The van der Waals surface area contributed by atoms with E-state index in [4.69, 9.17) is 4.74 Å². The molecule has 0 heterocycles. The molecule has 0 bridgehead atoms. The lowest BCUT2D eigenvalue weighted by Gasteiger charge is -2.24. The van der Waals surface area contributed by atoms with E-state index in [1.54, 1.807) is 44.2 Å². The van der Waals surface area contributed by atoms with Crippen LogP contribution in [0, 0.1) is 13.8 Å². The van der Waals surface area contributed by atoms with Crippen molar-refractivity contribution in [1.29, 1.82) is 0 Å². The Bertz CT molecular complexity index is 930. The fraction of sp³-hybridized carbons (Fsp3) is 0.417. The number of aryl methyl sites for hydroxylation is 2. The van der Waals surface area contributed by atoms with Gasteiger partial charge in [-0.2, -0.15) is 0 Å². The number of benzene rings is 2. The Morgan fingerprint density at radius 1 is 1.00 bits per heavy atom. The Morgan fingerprint density at radius 3 is 1.97 bits per heavy atom. The van der Waals surface area contributed by atoms with Crippen molar-refractivity contribution < 1.29 is 18.9 Å². The third-order valence-electron chi connectivity index (χ3n) is 4.83. The van der Waals surface area contributed by atoms with Gasteiger partial charge in [-0.25, -0.2) is 0 Å². The number of hydrogen-bond donors (Lipinski definition) is 0. The Morgan fingerprint density at radius 2 is 1.52 bits per heavy atom. The highest BCUT2D eigenvalue weighted by Crippen LogP contribution is 2.49. The van der Waals surface area contributed by atoms with Gasteiger partial charge in [0.05, 0.1) is 6.10 Å². The molecule has 0 saturated heterocycles. The molecule has 0 aromatic heterocycles. The van der Waals surface area contributed by atoms with Crippen LogP contribution in [-0.2, 0) is 19.5 Å². The summed E-state index contributed by atoms with van der Waals surface area (Å²) < 4.78 is 19.3. The number of esters is 1. The minimum absolute atomic E-state index is 0.0682. The molecule has 0 saturated carbocycles. The molecule has 0 aliphatic rings. The van der Waals surface area contributed by atoms with E-state index >= 15 is 0 Å².